The van der Waals surface area contributed by atoms with Crippen molar-refractivity contribution in [3.05, 3.63) is 94.0 Å². The van der Waals surface area contributed by atoms with Crippen molar-refractivity contribution in [2.24, 2.45) is 0 Å². The smallest absolute Gasteiger partial charge is 0.258 e. The molecule has 1 amide bonds. The van der Waals surface area contributed by atoms with E-state index in [2.05, 4.69) is 18.6 Å². The summed E-state index contributed by atoms with van der Waals surface area (Å²) in [6.45, 7) is 4.87. The molecule has 1 aliphatic rings. The molecule has 0 atom stereocenters. The van der Waals surface area contributed by atoms with Gasteiger partial charge in [0.25, 0.3) is 5.91 Å². The van der Waals surface area contributed by atoms with E-state index in [1.165, 1.54) is 0 Å². The molecule has 1 heterocycles. The van der Waals surface area contributed by atoms with Gasteiger partial charge in [0, 0.05) is 29.4 Å². The van der Waals surface area contributed by atoms with Crippen LogP contribution in [-0.2, 0) is 23.0 Å². The minimum Gasteiger partial charge on any atom is -0.308 e. The van der Waals surface area contributed by atoms with Gasteiger partial charge in [-0.15, -0.1) is 0 Å². The largest absolute Gasteiger partial charge is 0.308 e. The molecule has 1 N–H and O–H groups in total. The van der Waals surface area contributed by atoms with Gasteiger partial charge in [0.1, 0.15) is 0 Å². The Balaban J connectivity index is 1.50. The summed E-state index contributed by atoms with van der Waals surface area (Å²) in [4.78, 5) is 15.0. The Bertz CT molecular complexity index is 1240. The predicted octanol–water partition coefficient (Wildman–Crippen LogP) is 5.14. The van der Waals surface area contributed by atoms with Crippen LogP contribution in [0.3, 0.4) is 0 Å². The molecule has 0 spiro atoms. The average Bonchev–Trinajstić information content (AvgIpc) is 3.21. The van der Waals surface area contributed by atoms with Crippen LogP contribution in [0.4, 0.5) is 5.69 Å². The van der Waals surface area contributed by atoms with Crippen LogP contribution in [0.25, 0.3) is 0 Å². The predicted molar refractivity (Wildman–Crippen MR) is 128 cm³/mol. The lowest BCUT2D eigenvalue weighted by Gasteiger charge is -2.18. The molecule has 166 valence electrons. The van der Waals surface area contributed by atoms with Crippen molar-refractivity contribution in [1.29, 1.82) is 0 Å². The van der Waals surface area contributed by atoms with Crippen molar-refractivity contribution in [2.75, 3.05) is 11.4 Å². The molecular weight excluding hydrogens is 444 g/mol. The van der Waals surface area contributed by atoms with Gasteiger partial charge in [-0.2, -0.15) is 0 Å². The lowest BCUT2D eigenvalue weighted by molar-refractivity contribution is 0.0989. The Hall–Kier alpha value is -2.67. The van der Waals surface area contributed by atoms with E-state index in [9.17, 15) is 13.2 Å². The van der Waals surface area contributed by atoms with Crippen LogP contribution in [0.5, 0.6) is 0 Å². The van der Waals surface area contributed by atoms with E-state index < -0.39 is 10.0 Å². The lowest BCUT2D eigenvalue weighted by atomic mass is 10.0. The van der Waals surface area contributed by atoms with Crippen molar-refractivity contribution in [1.82, 2.24) is 4.72 Å². The van der Waals surface area contributed by atoms with Crippen molar-refractivity contribution in [3.8, 4) is 0 Å². The van der Waals surface area contributed by atoms with Gasteiger partial charge in [-0.05, 0) is 71.5 Å². The van der Waals surface area contributed by atoms with E-state index >= 15 is 0 Å². The number of hydrogen-bond acceptors (Lipinski definition) is 3. The molecule has 0 fully saturated rings. The van der Waals surface area contributed by atoms with Gasteiger partial charge in [0.05, 0.1) is 4.90 Å². The first-order valence-electron chi connectivity index (χ1n) is 10.5. The number of sulfonamides is 1. The molecule has 0 radical (unpaired) electrons. The number of amides is 1. The Kier molecular flexibility index (Phi) is 6.38. The summed E-state index contributed by atoms with van der Waals surface area (Å²) < 4.78 is 28.1. The monoisotopic (exact) mass is 468 g/mol. The summed E-state index contributed by atoms with van der Waals surface area (Å²) in [5.74, 6) is 0.244. The maximum atomic E-state index is 13.0. The molecule has 0 saturated carbocycles. The molecule has 0 bridgehead atoms. The number of carbonyl (C=O) groups excluding carboxylic acids is 1. The quantitative estimate of drug-likeness (QED) is 0.544. The van der Waals surface area contributed by atoms with E-state index in [4.69, 9.17) is 11.6 Å². The zero-order chi connectivity index (χ0) is 22.9. The zero-order valence-corrected chi connectivity index (χ0v) is 19.6. The summed E-state index contributed by atoms with van der Waals surface area (Å²) in [6.07, 6.45) is 0.767. The van der Waals surface area contributed by atoms with Crippen molar-refractivity contribution >= 4 is 33.2 Å². The molecule has 3 aromatic rings. The van der Waals surface area contributed by atoms with Crippen LogP contribution in [0.1, 0.15) is 46.8 Å². The summed E-state index contributed by atoms with van der Waals surface area (Å²) in [7, 11) is -3.63. The minimum atomic E-state index is -3.63. The fourth-order valence-corrected chi connectivity index (χ4v) is 4.93. The first-order valence-corrected chi connectivity index (χ1v) is 12.4. The number of hydrogen-bond donors (Lipinski definition) is 1. The van der Waals surface area contributed by atoms with Crippen LogP contribution in [0.2, 0.25) is 5.02 Å². The Morgan fingerprint density at radius 1 is 1.03 bits per heavy atom. The third-order valence-corrected chi connectivity index (χ3v) is 7.37. The highest BCUT2D eigenvalue weighted by Crippen LogP contribution is 2.31. The highest BCUT2D eigenvalue weighted by molar-refractivity contribution is 7.89. The second-order valence-corrected chi connectivity index (χ2v) is 10.4. The second-order valence-electron chi connectivity index (χ2n) is 8.23. The number of fused-ring (bicyclic) bond motifs is 1. The molecule has 0 aliphatic carbocycles. The average molecular weight is 469 g/mol. The molecular formula is C25H25ClN2O3S. The molecule has 0 saturated heterocycles. The first-order chi connectivity index (χ1) is 15.2. The van der Waals surface area contributed by atoms with Crippen molar-refractivity contribution < 1.29 is 13.2 Å². The summed E-state index contributed by atoms with van der Waals surface area (Å²) >= 11 is 5.93. The Labute approximate surface area is 194 Å². The van der Waals surface area contributed by atoms with Crippen LogP contribution in [0, 0.1) is 0 Å². The molecule has 1 aliphatic heterocycles. The van der Waals surface area contributed by atoms with Crippen LogP contribution in [-0.4, -0.2) is 20.9 Å². The molecule has 5 nitrogen and oxygen atoms in total. The van der Waals surface area contributed by atoms with Gasteiger partial charge in [0.15, 0.2) is 0 Å². The number of halogens is 1. The standard InChI is InChI=1S/C25H25ClN2O3S/c1-17(2)19-7-11-23(12-8-19)32(30,31)27-16-18-3-4-20-13-14-28(24(20)15-18)25(29)21-5-9-22(26)10-6-21/h3-12,15,17,27H,13-14,16H2,1-2H3. The number of anilines is 1. The third kappa shape index (κ3) is 4.72. The van der Waals surface area contributed by atoms with Crippen LogP contribution in [0.15, 0.2) is 71.6 Å². The van der Waals surface area contributed by atoms with E-state index in [0.717, 1.165) is 28.8 Å². The number of nitrogens with one attached hydrogen (secondary N) is 1. The van der Waals surface area contributed by atoms with Crippen molar-refractivity contribution in [3.63, 3.8) is 0 Å². The number of benzene rings is 3. The van der Waals surface area contributed by atoms with E-state index in [0.29, 0.717) is 23.0 Å². The number of carbonyl (C=O) groups is 1. The summed E-state index contributed by atoms with van der Waals surface area (Å²) in [6, 6.07) is 19.5. The molecule has 7 heteroatoms. The highest BCUT2D eigenvalue weighted by Gasteiger charge is 2.26. The zero-order valence-electron chi connectivity index (χ0n) is 18.0. The fourth-order valence-electron chi connectivity index (χ4n) is 3.79. The Morgan fingerprint density at radius 2 is 1.72 bits per heavy atom. The molecule has 32 heavy (non-hydrogen) atoms. The van der Waals surface area contributed by atoms with Gasteiger partial charge in [-0.3, -0.25) is 4.79 Å². The normalized spacial score (nSPS) is 13.4. The van der Waals surface area contributed by atoms with Crippen LogP contribution < -0.4 is 9.62 Å². The fraction of sp³-hybridized carbons (Fsp3) is 0.240. The van der Waals surface area contributed by atoms with Gasteiger partial charge < -0.3 is 4.90 Å². The van der Waals surface area contributed by atoms with E-state index in [1.54, 1.807) is 41.3 Å². The van der Waals surface area contributed by atoms with Gasteiger partial charge in [-0.1, -0.05) is 49.7 Å². The molecule has 0 unspecified atom stereocenters. The van der Waals surface area contributed by atoms with E-state index in [-0.39, 0.29) is 17.3 Å². The topological polar surface area (TPSA) is 66.5 Å². The van der Waals surface area contributed by atoms with Crippen LogP contribution >= 0.6 is 11.6 Å². The van der Waals surface area contributed by atoms with Gasteiger partial charge >= 0.3 is 0 Å². The Morgan fingerprint density at radius 3 is 2.38 bits per heavy atom. The van der Waals surface area contributed by atoms with Crippen molar-refractivity contribution in [2.45, 2.75) is 37.6 Å². The first kappa shape index (κ1) is 22.5. The van der Waals surface area contributed by atoms with E-state index in [1.807, 2.05) is 30.3 Å². The number of rotatable bonds is 6. The molecule has 4 rings (SSSR count). The SMILES string of the molecule is CC(C)c1ccc(S(=O)(=O)NCc2ccc3c(c2)N(C(=O)c2ccc(Cl)cc2)CC3)cc1. The lowest BCUT2D eigenvalue weighted by Crippen LogP contribution is -2.29. The van der Waals surface area contributed by atoms with Gasteiger partial charge in [0.2, 0.25) is 10.0 Å². The maximum Gasteiger partial charge on any atom is 0.258 e. The minimum absolute atomic E-state index is 0.0941. The second kappa shape index (κ2) is 9.06. The number of nitrogens with zero attached hydrogens (tertiary/aromatic N) is 1. The maximum absolute atomic E-state index is 13.0. The molecule has 3 aromatic carbocycles. The summed E-state index contributed by atoms with van der Waals surface area (Å²) in [5.41, 5.74) is 4.35. The highest BCUT2D eigenvalue weighted by atomic mass is 35.5. The summed E-state index contributed by atoms with van der Waals surface area (Å²) in [5, 5.41) is 0.580. The molecule has 0 aromatic heterocycles. The van der Waals surface area contributed by atoms with Gasteiger partial charge in [-0.25, -0.2) is 13.1 Å². The third-order valence-electron chi connectivity index (χ3n) is 5.70.